The molecule has 0 heterocycles. The van der Waals surface area contributed by atoms with Crippen LogP contribution >= 0.6 is 23.2 Å². The summed E-state index contributed by atoms with van der Waals surface area (Å²) in [6, 6.07) is 19.2. The summed E-state index contributed by atoms with van der Waals surface area (Å²) < 4.78 is 0. The summed E-state index contributed by atoms with van der Waals surface area (Å²) in [6.07, 6.45) is 3.88. The molecule has 1 atom stereocenters. The first-order chi connectivity index (χ1) is 13.5. The van der Waals surface area contributed by atoms with Gasteiger partial charge in [0.15, 0.2) is 0 Å². The lowest BCUT2D eigenvalue weighted by Crippen LogP contribution is -2.34. The van der Waals surface area contributed by atoms with Crippen molar-refractivity contribution in [2.45, 2.75) is 57.5 Å². The third-order valence-electron chi connectivity index (χ3n) is 5.86. The molecule has 2 aromatic rings. The molecular formula is C24H28Cl2N2. The average Bonchev–Trinajstić information content (AvgIpc) is 3.52. The van der Waals surface area contributed by atoms with Crippen LogP contribution in [0.4, 0.5) is 0 Å². The van der Waals surface area contributed by atoms with Crippen molar-refractivity contribution >= 4 is 23.2 Å². The monoisotopic (exact) mass is 414 g/mol. The zero-order valence-corrected chi connectivity index (χ0v) is 18.2. The van der Waals surface area contributed by atoms with E-state index in [1.54, 1.807) is 0 Å². The second kappa shape index (κ2) is 9.31. The summed E-state index contributed by atoms with van der Waals surface area (Å²) in [5.41, 5.74) is 1.58. The summed E-state index contributed by atoms with van der Waals surface area (Å²) in [7, 11) is 0. The molecule has 3 rings (SSSR count). The van der Waals surface area contributed by atoms with Crippen LogP contribution in [0.2, 0.25) is 10.0 Å². The Morgan fingerprint density at radius 2 is 1.71 bits per heavy atom. The number of nitriles is 1. The van der Waals surface area contributed by atoms with Crippen molar-refractivity contribution < 1.29 is 0 Å². The molecule has 2 aromatic carbocycles. The smallest absolute Gasteiger partial charge is 0.0879 e. The van der Waals surface area contributed by atoms with Crippen LogP contribution in [0.1, 0.15) is 50.7 Å². The van der Waals surface area contributed by atoms with Crippen molar-refractivity contribution in [3.8, 4) is 6.07 Å². The molecular weight excluding hydrogens is 387 g/mol. The van der Waals surface area contributed by atoms with E-state index in [1.807, 2.05) is 24.3 Å². The average molecular weight is 415 g/mol. The van der Waals surface area contributed by atoms with E-state index in [2.05, 4.69) is 49.1 Å². The summed E-state index contributed by atoms with van der Waals surface area (Å²) in [4.78, 5) is 2.47. The summed E-state index contributed by atoms with van der Waals surface area (Å²) in [6.45, 7) is 6.33. The lowest BCUT2D eigenvalue weighted by Gasteiger charge is -2.32. The maximum atomic E-state index is 10.2. The molecule has 1 aliphatic carbocycles. The molecule has 0 amide bonds. The first kappa shape index (κ1) is 21.2. The van der Waals surface area contributed by atoms with Crippen molar-refractivity contribution in [2.75, 3.05) is 6.54 Å². The van der Waals surface area contributed by atoms with Crippen LogP contribution in [0.15, 0.2) is 48.5 Å². The molecule has 1 unspecified atom stereocenters. The molecule has 0 aromatic heterocycles. The van der Waals surface area contributed by atoms with Gasteiger partial charge in [-0.2, -0.15) is 5.26 Å². The van der Waals surface area contributed by atoms with Gasteiger partial charge in [-0.3, -0.25) is 4.90 Å². The molecule has 0 saturated heterocycles. The molecule has 1 fully saturated rings. The molecule has 2 nitrogen and oxygen atoms in total. The van der Waals surface area contributed by atoms with Crippen LogP contribution < -0.4 is 0 Å². The lowest BCUT2D eigenvalue weighted by atomic mass is 9.73. The van der Waals surface area contributed by atoms with E-state index in [1.165, 1.54) is 5.56 Å². The maximum absolute atomic E-state index is 10.2. The fraction of sp³-hybridized carbons (Fsp3) is 0.458. The van der Waals surface area contributed by atoms with E-state index in [9.17, 15) is 5.26 Å². The van der Waals surface area contributed by atoms with E-state index in [4.69, 9.17) is 23.2 Å². The van der Waals surface area contributed by atoms with E-state index < -0.39 is 5.41 Å². The van der Waals surface area contributed by atoms with Gasteiger partial charge in [0.25, 0.3) is 0 Å². The Morgan fingerprint density at radius 1 is 1.07 bits per heavy atom. The Bertz CT molecular complexity index is 804. The number of rotatable bonds is 9. The van der Waals surface area contributed by atoms with Crippen molar-refractivity contribution in [1.29, 1.82) is 5.26 Å². The van der Waals surface area contributed by atoms with Crippen molar-refractivity contribution in [3.63, 3.8) is 0 Å². The second-order valence-electron chi connectivity index (χ2n) is 8.11. The van der Waals surface area contributed by atoms with Gasteiger partial charge in [-0.15, -0.1) is 0 Å². The summed E-state index contributed by atoms with van der Waals surface area (Å²) in [5.74, 6) is 0.358. The summed E-state index contributed by atoms with van der Waals surface area (Å²) >= 11 is 13.0. The SMILES string of the molecule is CC(C)N(CCCC(C#N)(c1c(Cl)cccc1Cl)C1CC1)Cc1ccccc1. The Kier molecular flexibility index (Phi) is 7.05. The predicted molar refractivity (Wildman–Crippen MR) is 118 cm³/mol. The molecule has 0 aliphatic heterocycles. The fourth-order valence-corrected chi connectivity index (χ4v) is 4.87. The minimum absolute atomic E-state index is 0.358. The lowest BCUT2D eigenvalue weighted by molar-refractivity contribution is 0.202. The van der Waals surface area contributed by atoms with Crippen LogP contribution in [0.25, 0.3) is 0 Å². The van der Waals surface area contributed by atoms with Gasteiger partial charge in [-0.05, 0) is 69.7 Å². The van der Waals surface area contributed by atoms with Crippen LogP contribution in [-0.4, -0.2) is 17.5 Å². The fourth-order valence-electron chi connectivity index (χ4n) is 4.14. The van der Waals surface area contributed by atoms with Crippen LogP contribution in [0.5, 0.6) is 0 Å². The number of hydrogen-bond donors (Lipinski definition) is 0. The Morgan fingerprint density at radius 3 is 2.25 bits per heavy atom. The molecule has 0 N–H and O–H groups in total. The third kappa shape index (κ3) is 4.71. The predicted octanol–water partition coefficient (Wildman–Crippen LogP) is 6.86. The van der Waals surface area contributed by atoms with Gasteiger partial charge in [0.2, 0.25) is 0 Å². The van der Waals surface area contributed by atoms with Gasteiger partial charge in [-0.25, -0.2) is 0 Å². The van der Waals surface area contributed by atoms with Gasteiger partial charge in [-0.1, -0.05) is 59.6 Å². The largest absolute Gasteiger partial charge is 0.297 e. The highest BCUT2D eigenvalue weighted by molar-refractivity contribution is 6.36. The number of benzene rings is 2. The molecule has 1 aliphatic rings. The Balaban J connectivity index is 1.75. The zero-order chi connectivity index (χ0) is 20.1. The van der Waals surface area contributed by atoms with Gasteiger partial charge in [0.1, 0.15) is 0 Å². The highest BCUT2D eigenvalue weighted by Gasteiger charge is 2.48. The molecule has 0 spiro atoms. The number of halogens is 2. The molecule has 4 heteroatoms. The minimum Gasteiger partial charge on any atom is -0.297 e. The third-order valence-corrected chi connectivity index (χ3v) is 6.49. The van der Waals surface area contributed by atoms with Gasteiger partial charge < -0.3 is 0 Å². The Hall–Kier alpha value is -1.53. The van der Waals surface area contributed by atoms with Crippen LogP contribution in [0, 0.1) is 17.2 Å². The summed E-state index contributed by atoms with van der Waals surface area (Å²) in [5, 5.41) is 11.5. The topological polar surface area (TPSA) is 27.0 Å². The zero-order valence-electron chi connectivity index (χ0n) is 16.7. The number of hydrogen-bond acceptors (Lipinski definition) is 2. The van der Waals surface area contributed by atoms with Gasteiger partial charge in [0, 0.05) is 28.2 Å². The van der Waals surface area contributed by atoms with Crippen molar-refractivity contribution in [2.24, 2.45) is 5.92 Å². The Labute approximate surface area is 179 Å². The van der Waals surface area contributed by atoms with Crippen LogP contribution in [-0.2, 0) is 12.0 Å². The van der Waals surface area contributed by atoms with Crippen molar-refractivity contribution in [3.05, 3.63) is 69.7 Å². The van der Waals surface area contributed by atoms with Gasteiger partial charge in [0.05, 0.1) is 11.5 Å². The van der Waals surface area contributed by atoms with E-state index in [0.717, 1.165) is 44.3 Å². The van der Waals surface area contributed by atoms with Gasteiger partial charge >= 0.3 is 0 Å². The van der Waals surface area contributed by atoms with E-state index in [0.29, 0.717) is 22.0 Å². The highest BCUT2D eigenvalue weighted by Crippen LogP contribution is 2.53. The van der Waals surface area contributed by atoms with E-state index in [-0.39, 0.29) is 0 Å². The highest BCUT2D eigenvalue weighted by atomic mass is 35.5. The molecule has 1 saturated carbocycles. The first-order valence-electron chi connectivity index (χ1n) is 10.1. The second-order valence-corrected chi connectivity index (χ2v) is 8.92. The first-order valence-corrected chi connectivity index (χ1v) is 10.9. The van der Waals surface area contributed by atoms with E-state index >= 15 is 0 Å². The van der Waals surface area contributed by atoms with Crippen molar-refractivity contribution in [1.82, 2.24) is 4.90 Å². The minimum atomic E-state index is -0.579. The number of nitrogens with zero attached hydrogens (tertiary/aromatic N) is 2. The molecule has 148 valence electrons. The molecule has 0 radical (unpaired) electrons. The standard InChI is InChI=1S/C24H28Cl2N2/c1-18(2)28(16-19-8-4-3-5-9-19)15-7-14-24(17-27,20-12-13-20)23-21(25)10-6-11-22(23)26/h3-6,8-11,18,20H,7,12-16H2,1-2H3. The molecule has 28 heavy (non-hydrogen) atoms. The normalized spacial score (nSPS) is 16.2. The molecule has 0 bridgehead atoms. The van der Waals surface area contributed by atoms with Crippen LogP contribution in [0.3, 0.4) is 0 Å². The quantitative estimate of drug-likeness (QED) is 0.448. The maximum Gasteiger partial charge on any atom is 0.0879 e.